The van der Waals surface area contributed by atoms with Gasteiger partial charge in [0.2, 0.25) is 11.8 Å². The molecule has 21 heavy (non-hydrogen) atoms. The number of amides is 2. The maximum atomic E-state index is 13.1. The van der Waals surface area contributed by atoms with Gasteiger partial charge in [-0.2, -0.15) is 0 Å². The van der Waals surface area contributed by atoms with Crippen LogP contribution in [0.2, 0.25) is 0 Å². The smallest absolute Gasteiger partial charge is 0.277 e. The van der Waals surface area contributed by atoms with Gasteiger partial charge in [-0.15, -0.1) is 11.8 Å². The van der Waals surface area contributed by atoms with Crippen LogP contribution in [0.1, 0.15) is 27.2 Å². The number of nitrogens with one attached hydrogen (secondary N) is 1. The van der Waals surface area contributed by atoms with E-state index < -0.39 is 31.0 Å². The minimum atomic E-state index is -3.12. The summed E-state index contributed by atoms with van der Waals surface area (Å²) in [6.45, 7) is 4.19. The third kappa shape index (κ3) is 5.78. The second-order valence-electron chi connectivity index (χ2n) is 6.39. The zero-order valence-corrected chi connectivity index (χ0v) is 13.4. The van der Waals surface area contributed by atoms with Crippen molar-refractivity contribution in [1.29, 1.82) is 0 Å². The number of rotatable bonds is 5. The summed E-state index contributed by atoms with van der Waals surface area (Å²) in [5.41, 5.74) is 4.74. The van der Waals surface area contributed by atoms with Gasteiger partial charge in [-0.3, -0.25) is 9.59 Å². The molecule has 2 amide bonds. The highest BCUT2D eigenvalue weighted by Gasteiger charge is 2.37. The molecule has 3 N–H and O–H groups in total. The summed E-state index contributed by atoms with van der Waals surface area (Å²) in [5, 5.41) is 2.19. The number of hydrogen-bond donors (Lipinski definition) is 2. The van der Waals surface area contributed by atoms with Gasteiger partial charge >= 0.3 is 0 Å². The van der Waals surface area contributed by atoms with E-state index in [0.717, 1.165) is 0 Å². The van der Waals surface area contributed by atoms with E-state index in [1.54, 1.807) is 0 Å². The molecule has 0 spiro atoms. The Kier molecular flexibility index (Phi) is 5.98. The summed E-state index contributed by atoms with van der Waals surface area (Å²) in [7, 11) is 0. The molecular formula is C13H23F2N3O2S. The molecule has 1 unspecified atom stereocenters. The predicted molar refractivity (Wildman–Crippen MR) is 79.0 cm³/mol. The van der Waals surface area contributed by atoms with Crippen molar-refractivity contribution < 1.29 is 18.4 Å². The van der Waals surface area contributed by atoms with Crippen LogP contribution in [0, 0.1) is 5.41 Å². The van der Waals surface area contributed by atoms with Crippen molar-refractivity contribution in [3.05, 3.63) is 0 Å². The molecule has 1 atom stereocenters. The fourth-order valence-corrected chi connectivity index (χ4v) is 3.05. The molecule has 0 radical (unpaired) electrons. The maximum Gasteiger partial charge on any atom is 0.277 e. The molecule has 0 aliphatic carbocycles. The largest absolute Gasteiger partial charge is 0.348 e. The van der Waals surface area contributed by atoms with Crippen LogP contribution in [0.5, 0.6) is 0 Å². The topological polar surface area (TPSA) is 75.4 Å². The third-order valence-corrected chi connectivity index (χ3v) is 4.02. The van der Waals surface area contributed by atoms with E-state index in [2.05, 4.69) is 5.32 Å². The van der Waals surface area contributed by atoms with Gasteiger partial charge in [0.1, 0.15) is 6.04 Å². The number of alkyl halides is 2. The van der Waals surface area contributed by atoms with Crippen LogP contribution in [0.15, 0.2) is 0 Å². The van der Waals surface area contributed by atoms with Crippen LogP contribution in [-0.2, 0) is 9.59 Å². The first-order valence-electron chi connectivity index (χ1n) is 6.78. The highest BCUT2D eigenvalue weighted by atomic mass is 32.2. The molecule has 0 aromatic carbocycles. The van der Waals surface area contributed by atoms with Crippen LogP contribution in [0.3, 0.4) is 0 Å². The molecule has 1 aliphatic rings. The van der Waals surface area contributed by atoms with E-state index in [9.17, 15) is 18.4 Å². The van der Waals surface area contributed by atoms with E-state index in [-0.39, 0.29) is 11.3 Å². The van der Waals surface area contributed by atoms with E-state index in [0.29, 0.717) is 18.1 Å². The van der Waals surface area contributed by atoms with Gasteiger partial charge in [0.05, 0.1) is 19.0 Å². The molecule has 0 saturated carbocycles. The second-order valence-corrected chi connectivity index (χ2v) is 7.39. The molecule has 1 rings (SSSR count). The van der Waals surface area contributed by atoms with Crippen molar-refractivity contribution in [3.63, 3.8) is 0 Å². The van der Waals surface area contributed by atoms with Gasteiger partial charge in [0.25, 0.3) is 5.92 Å². The van der Waals surface area contributed by atoms with Crippen molar-refractivity contribution in [2.45, 2.75) is 39.2 Å². The van der Waals surface area contributed by atoms with Gasteiger partial charge < -0.3 is 16.0 Å². The SMILES string of the molecule is CC(C)(C)CC(=O)N1CSCC1C(=O)NCC(F)(F)CN. The van der Waals surface area contributed by atoms with Crippen molar-refractivity contribution >= 4 is 23.6 Å². The highest BCUT2D eigenvalue weighted by molar-refractivity contribution is 7.99. The molecule has 1 aliphatic heterocycles. The lowest BCUT2D eigenvalue weighted by molar-refractivity contribution is -0.139. The Morgan fingerprint density at radius 3 is 2.52 bits per heavy atom. The molecule has 122 valence electrons. The van der Waals surface area contributed by atoms with Crippen LogP contribution in [0.4, 0.5) is 8.78 Å². The molecule has 8 heteroatoms. The number of nitrogens with two attached hydrogens (primary N) is 1. The number of hydrogen-bond acceptors (Lipinski definition) is 4. The summed E-state index contributed by atoms with van der Waals surface area (Å²) in [6, 6.07) is -0.682. The van der Waals surface area contributed by atoms with Crippen molar-refractivity contribution in [3.8, 4) is 0 Å². The molecule has 0 aromatic rings. The maximum absolute atomic E-state index is 13.1. The predicted octanol–water partition coefficient (Wildman–Crippen LogP) is 1.03. The van der Waals surface area contributed by atoms with Crippen LogP contribution in [-0.4, -0.2) is 53.4 Å². The van der Waals surface area contributed by atoms with E-state index in [4.69, 9.17) is 5.73 Å². The van der Waals surface area contributed by atoms with Crippen LogP contribution < -0.4 is 11.1 Å². The Morgan fingerprint density at radius 1 is 1.38 bits per heavy atom. The average Bonchev–Trinajstić information content (AvgIpc) is 2.83. The molecular weight excluding hydrogens is 300 g/mol. The number of nitrogens with zero attached hydrogens (tertiary/aromatic N) is 1. The summed E-state index contributed by atoms with van der Waals surface area (Å²) >= 11 is 1.44. The number of carbonyl (C=O) groups excluding carboxylic acids is 2. The minimum absolute atomic E-state index is 0.127. The quantitative estimate of drug-likeness (QED) is 0.792. The van der Waals surface area contributed by atoms with Crippen molar-refractivity contribution in [1.82, 2.24) is 10.2 Å². The van der Waals surface area contributed by atoms with Crippen LogP contribution >= 0.6 is 11.8 Å². The first-order valence-corrected chi connectivity index (χ1v) is 7.94. The zero-order chi connectivity index (χ0) is 16.3. The lowest BCUT2D eigenvalue weighted by Gasteiger charge is -2.27. The fraction of sp³-hybridized carbons (Fsp3) is 0.846. The Balaban J connectivity index is 2.60. The molecule has 1 heterocycles. The molecule has 0 aromatic heterocycles. The standard InChI is InChI=1S/C13H23F2N3O2S/c1-12(2,3)4-10(19)18-8-21-5-9(18)11(20)17-7-13(14,15)6-16/h9H,4-8,16H2,1-3H3,(H,17,20). The third-order valence-electron chi connectivity index (χ3n) is 3.01. The Labute approximate surface area is 128 Å². The Morgan fingerprint density at radius 2 is 2.00 bits per heavy atom. The fourth-order valence-electron chi connectivity index (χ4n) is 1.87. The van der Waals surface area contributed by atoms with Gasteiger partial charge in [-0.25, -0.2) is 8.78 Å². The summed E-state index contributed by atoms with van der Waals surface area (Å²) < 4.78 is 26.1. The number of carbonyl (C=O) groups is 2. The van der Waals surface area contributed by atoms with Crippen molar-refractivity contribution in [2.75, 3.05) is 24.7 Å². The van der Waals surface area contributed by atoms with Gasteiger partial charge in [0.15, 0.2) is 0 Å². The molecule has 0 bridgehead atoms. The Hall–Kier alpha value is -0.890. The van der Waals surface area contributed by atoms with Gasteiger partial charge in [-0.1, -0.05) is 20.8 Å². The second kappa shape index (κ2) is 6.91. The number of halogens is 2. The molecule has 1 fully saturated rings. The van der Waals surface area contributed by atoms with Gasteiger partial charge in [-0.05, 0) is 5.41 Å². The minimum Gasteiger partial charge on any atom is -0.348 e. The first-order chi connectivity index (χ1) is 9.56. The molecule has 1 saturated heterocycles. The van der Waals surface area contributed by atoms with E-state index in [1.807, 2.05) is 20.8 Å². The zero-order valence-electron chi connectivity index (χ0n) is 12.6. The summed E-state index contributed by atoms with van der Waals surface area (Å²) in [4.78, 5) is 25.7. The summed E-state index contributed by atoms with van der Waals surface area (Å²) in [6.07, 6.45) is 0.316. The van der Waals surface area contributed by atoms with E-state index >= 15 is 0 Å². The number of thioether (sulfide) groups is 1. The summed E-state index contributed by atoms with van der Waals surface area (Å²) in [5.74, 6) is -2.95. The lowest BCUT2D eigenvalue weighted by atomic mass is 9.91. The lowest BCUT2D eigenvalue weighted by Crippen LogP contribution is -2.51. The highest BCUT2D eigenvalue weighted by Crippen LogP contribution is 2.26. The van der Waals surface area contributed by atoms with Gasteiger partial charge in [0, 0.05) is 12.2 Å². The first kappa shape index (κ1) is 18.2. The van der Waals surface area contributed by atoms with Crippen LogP contribution in [0.25, 0.3) is 0 Å². The Bertz CT molecular complexity index is 399. The van der Waals surface area contributed by atoms with Crippen molar-refractivity contribution in [2.24, 2.45) is 11.1 Å². The normalized spacial score (nSPS) is 19.7. The average molecular weight is 323 g/mol. The van der Waals surface area contributed by atoms with E-state index in [1.165, 1.54) is 16.7 Å². The monoisotopic (exact) mass is 323 g/mol. The molecule has 5 nitrogen and oxygen atoms in total.